The van der Waals surface area contributed by atoms with Gasteiger partial charge in [0.1, 0.15) is 11.9 Å². The first-order valence-corrected chi connectivity index (χ1v) is 10.3. The summed E-state index contributed by atoms with van der Waals surface area (Å²) in [6.07, 6.45) is 1.07. The zero-order valence-corrected chi connectivity index (χ0v) is 19.8. The van der Waals surface area contributed by atoms with Gasteiger partial charge >= 0.3 is 0 Å². The number of nitrogens with one attached hydrogen (secondary N) is 2. The van der Waals surface area contributed by atoms with E-state index in [-0.39, 0.29) is 30.1 Å². The van der Waals surface area contributed by atoms with Gasteiger partial charge in [-0.2, -0.15) is 0 Å². The number of benzene rings is 1. The Labute approximate surface area is 188 Å². The first-order chi connectivity index (χ1) is 13.2. The molecule has 2 heterocycles. The lowest BCUT2D eigenvalue weighted by Gasteiger charge is -2.16. The van der Waals surface area contributed by atoms with Gasteiger partial charge in [0.15, 0.2) is 5.96 Å². The summed E-state index contributed by atoms with van der Waals surface area (Å²) in [6, 6.07) is 6.29. The molecule has 1 aliphatic heterocycles. The van der Waals surface area contributed by atoms with E-state index in [1.54, 1.807) is 11.3 Å². The van der Waals surface area contributed by atoms with Gasteiger partial charge in [0.25, 0.3) is 0 Å². The fourth-order valence-electron chi connectivity index (χ4n) is 2.85. The summed E-state index contributed by atoms with van der Waals surface area (Å²) in [5.74, 6) is 1.70. The number of hydrogen-bond acceptors (Lipinski definition) is 5. The number of aryl methyl sites for hydroxylation is 2. The highest BCUT2D eigenvalue weighted by atomic mass is 127. The summed E-state index contributed by atoms with van der Waals surface area (Å²) in [7, 11) is 0. The Morgan fingerprint density at radius 2 is 2.21 bits per heavy atom. The molecule has 0 saturated carbocycles. The Kier molecular flexibility index (Phi) is 9.46. The van der Waals surface area contributed by atoms with Crippen molar-refractivity contribution in [1.29, 1.82) is 0 Å². The lowest BCUT2D eigenvalue weighted by atomic mass is 10.1. The van der Waals surface area contributed by atoms with Crippen molar-refractivity contribution in [2.24, 2.45) is 4.99 Å². The number of hydrogen-bond donors (Lipinski definition) is 2. The molecule has 1 atom stereocenters. The quantitative estimate of drug-likeness (QED) is 0.333. The zero-order valence-electron chi connectivity index (χ0n) is 16.7. The minimum Gasteiger partial charge on any atom is -0.488 e. The Bertz CT molecular complexity index is 775. The van der Waals surface area contributed by atoms with Crippen LogP contribution < -0.4 is 15.4 Å². The average molecular weight is 516 g/mol. The molecule has 1 unspecified atom stereocenters. The van der Waals surface area contributed by atoms with Gasteiger partial charge in [-0.05, 0) is 32.4 Å². The van der Waals surface area contributed by atoms with Gasteiger partial charge in [-0.3, -0.25) is 0 Å². The highest BCUT2D eigenvalue weighted by Gasteiger charge is 2.18. The van der Waals surface area contributed by atoms with Crippen molar-refractivity contribution in [3.8, 4) is 5.75 Å². The van der Waals surface area contributed by atoms with Crippen LogP contribution in [-0.4, -0.2) is 36.8 Å². The van der Waals surface area contributed by atoms with Gasteiger partial charge in [-0.25, -0.2) is 9.98 Å². The van der Waals surface area contributed by atoms with Gasteiger partial charge in [-0.15, -0.1) is 35.3 Å². The van der Waals surface area contributed by atoms with E-state index < -0.39 is 0 Å². The number of aliphatic imine (C=N–C) groups is 1. The Balaban J connectivity index is 0.00000280. The largest absolute Gasteiger partial charge is 0.488 e. The first-order valence-electron chi connectivity index (χ1n) is 9.40. The lowest BCUT2D eigenvalue weighted by molar-refractivity contribution is 0.140. The zero-order chi connectivity index (χ0) is 19.1. The van der Waals surface area contributed by atoms with Crippen LogP contribution in [0.5, 0.6) is 5.75 Å². The maximum absolute atomic E-state index is 6.17. The third kappa shape index (κ3) is 6.59. The number of rotatable bonds is 7. The molecule has 8 heteroatoms. The second-order valence-electron chi connectivity index (χ2n) is 6.62. The molecule has 0 aliphatic carbocycles. The number of nitrogens with zero attached hydrogens (tertiary/aromatic N) is 2. The van der Waals surface area contributed by atoms with Crippen molar-refractivity contribution in [2.45, 2.75) is 46.4 Å². The van der Waals surface area contributed by atoms with Gasteiger partial charge in [-0.1, -0.05) is 12.1 Å². The lowest BCUT2D eigenvalue weighted by Crippen LogP contribution is -2.36. The molecule has 2 aromatic rings. The molecular formula is C20H29IN4O2S. The van der Waals surface area contributed by atoms with Crippen LogP contribution in [0.1, 0.15) is 35.0 Å². The molecular weight excluding hydrogens is 487 g/mol. The van der Waals surface area contributed by atoms with E-state index in [0.717, 1.165) is 49.1 Å². The Hall–Kier alpha value is -1.39. The molecule has 1 fully saturated rings. The number of aromatic nitrogens is 1. The van der Waals surface area contributed by atoms with Crippen LogP contribution in [0.3, 0.4) is 0 Å². The minimum atomic E-state index is 0. The van der Waals surface area contributed by atoms with Crippen LogP contribution >= 0.6 is 35.3 Å². The number of thiazole rings is 1. The van der Waals surface area contributed by atoms with Crippen molar-refractivity contribution in [1.82, 2.24) is 15.6 Å². The van der Waals surface area contributed by atoms with E-state index in [1.165, 1.54) is 10.4 Å². The van der Waals surface area contributed by atoms with Crippen LogP contribution in [0.25, 0.3) is 0 Å². The van der Waals surface area contributed by atoms with Crippen molar-refractivity contribution in [3.63, 3.8) is 0 Å². The molecule has 0 radical (unpaired) electrons. The summed E-state index contributed by atoms with van der Waals surface area (Å²) in [5, 5.41) is 6.69. The van der Waals surface area contributed by atoms with Gasteiger partial charge < -0.3 is 20.1 Å². The maximum atomic E-state index is 6.17. The monoisotopic (exact) mass is 516 g/mol. The first kappa shape index (κ1) is 22.9. The van der Waals surface area contributed by atoms with E-state index in [1.807, 2.05) is 12.4 Å². The molecule has 0 spiro atoms. The number of halogens is 1. The van der Waals surface area contributed by atoms with Crippen LogP contribution in [0.15, 0.2) is 28.7 Å². The minimum absolute atomic E-state index is 0. The molecule has 0 bridgehead atoms. The fourth-order valence-corrected chi connectivity index (χ4v) is 3.57. The molecule has 28 heavy (non-hydrogen) atoms. The molecule has 3 rings (SSSR count). The highest BCUT2D eigenvalue weighted by molar-refractivity contribution is 14.0. The topological polar surface area (TPSA) is 67.8 Å². The standard InChI is InChI=1S/C20H28N4O2S.HI/c1-4-21-20(23-11-19-15(3)24-13-27-19)22-10-16-6-5-14(2)9-18(16)26-17-7-8-25-12-17;/h5-6,9,13,17H,4,7-8,10-12H2,1-3H3,(H2,21,22,23);1H. The van der Waals surface area contributed by atoms with Gasteiger partial charge in [0.2, 0.25) is 0 Å². The van der Waals surface area contributed by atoms with Crippen LogP contribution in [0.2, 0.25) is 0 Å². The van der Waals surface area contributed by atoms with Gasteiger partial charge in [0.05, 0.1) is 37.5 Å². The van der Waals surface area contributed by atoms with E-state index >= 15 is 0 Å². The van der Waals surface area contributed by atoms with E-state index in [0.29, 0.717) is 13.2 Å². The molecule has 154 valence electrons. The summed E-state index contributed by atoms with van der Waals surface area (Å²) in [6.45, 7) is 9.69. The smallest absolute Gasteiger partial charge is 0.191 e. The third-order valence-electron chi connectivity index (χ3n) is 4.42. The van der Waals surface area contributed by atoms with Crippen LogP contribution in [0.4, 0.5) is 0 Å². The SMILES string of the molecule is CCNC(=NCc1ccc(C)cc1OC1CCOC1)NCc1scnc1C.I. The van der Waals surface area contributed by atoms with E-state index in [4.69, 9.17) is 14.5 Å². The third-order valence-corrected chi connectivity index (χ3v) is 5.35. The fraction of sp³-hybridized carbons (Fsp3) is 0.500. The highest BCUT2D eigenvalue weighted by Crippen LogP contribution is 2.24. The molecule has 1 saturated heterocycles. The van der Waals surface area contributed by atoms with Crippen molar-refractivity contribution in [3.05, 3.63) is 45.4 Å². The van der Waals surface area contributed by atoms with Crippen molar-refractivity contribution in [2.75, 3.05) is 19.8 Å². The molecule has 1 aromatic heterocycles. The van der Waals surface area contributed by atoms with Crippen molar-refractivity contribution >= 4 is 41.3 Å². The number of guanidine groups is 1. The summed E-state index contributed by atoms with van der Waals surface area (Å²) >= 11 is 1.66. The van der Waals surface area contributed by atoms with Gasteiger partial charge in [0, 0.05) is 23.4 Å². The second kappa shape index (κ2) is 11.6. The van der Waals surface area contributed by atoms with E-state index in [2.05, 4.69) is 47.7 Å². The molecule has 6 nitrogen and oxygen atoms in total. The average Bonchev–Trinajstić information content (AvgIpc) is 3.30. The molecule has 2 N–H and O–H groups in total. The summed E-state index contributed by atoms with van der Waals surface area (Å²) in [4.78, 5) is 10.3. The Morgan fingerprint density at radius 3 is 2.89 bits per heavy atom. The number of ether oxygens (including phenoxy) is 2. The molecule has 1 aromatic carbocycles. The summed E-state index contributed by atoms with van der Waals surface area (Å²) < 4.78 is 11.6. The maximum Gasteiger partial charge on any atom is 0.191 e. The second-order valence-corrected chi connectivity index (χ2v) is 7.56. The van der Waals surface area contributed by atoms with Crippen molar-refractivity contribution < 1.29 is 9.47 Å². The predicted molar refractivity (Wildman–Crippen MR) is 125 cm³/mol. The normalized spacial score (nSPS) is 16.5. The summed E-state index contributed by atoms with van der Waals surface area (Å²) in [5.41, 5.74) is 5.20. The Morgan fingerprint density at radius 1 is 1.36 bits per heavy atom. The predicted octanol–water partition coefficient (Wildman–Crippen LogP) is 3.80. The van der Waals surface area contributed by atoms with Crippen LogP contribution in [0, 0.1) is 13.8 Å². The van der Waals surface area contributed by atoms with Crippen LogP contribution in [-0.2, 0) is 17.8 Å². The molecule has 0 amide bonds. The van der Waals surface area contributed by atoms with E-state index in [9.17, 15) is 0 Å². The molecule has 1 aliphatic rings.